The molecule has 11 heteroatoms. The van der Waals surface area contributed by atoms with Gasteiger partial charge in [-0.3, -0.25) is 19.2 Å². The van der Waals surface area contributed by atoms with Crippen LogP contribution in [-0.4, -0.2) is 71.2 Å². The van der Waals surface area contributed by atoms with Crippen molar-refractivity contribution in [1.29, 1.82) is 0 Å². The zero-order chi connectivity index (χ0) is 22.6. The highest BCUT2D eigenvalue weighted by atomic mass is 16.4. The van der Waals surface area contributed by atoms with E-state index in [9.17, 15) is 24.3 Å². The fourth-order valence-corrected chi connectivity index (χ4v) is 2.43. The van der Waals surface area contributed by atoms with Gasteiger partial charge in [-0.25, -0.2) is 0 Å². The van der Waals surface area contributed by atoms with E-state index >= 15 is 0 Å². The quantitative estimate of drug-likeness (QED) is 0.158. The Morgan fingerprint density at radius 2 is 1.59 bits per heavy atom. The summed E-state index contributed by atoms with van der Waals surface area (Å²) in [5.74, 6) is -3.53. The van der Waals surface area contributed by atoms with Gasteiger partial charge in [-0.2, -0.15) is 0 Å². The van der Waals surface area contributed by atoms with E-state index in [0.29, 0.717) is 25.8 Å². The summed E-state index contributed by atoms with van der Waals surface area (Å²) in [6, 6.07) is -4.31. The van der Waals surface area contributed by atoms with Gasteiger partial charge in [-0.05, 0) is 32.2 Å². The zero-order valence-electron chi connectivity index (χ0n) is 17.3. The molecule has 5 unspecified atom stereocenters. The fourth-order valence-electron chi connectivity index (χ4n) is 2.43. The van der Waals surface area contributed by atoms with Crippen LogP contribution in [0.1, 0.15) is 46.5 Å². The SMILES string of the molecule is CCC(C)C(NC(=O)C(N)CCCCN)C(=O)NC(CO)C(=O)NC(C)C(=O)O. The van der Waals surface area contributed by atoms with Crippen molar-refractivity contribution in [2.75, 3.05) is 13.2 Å². The van der Waals surface area contributed by atoms with Crippen LogP contribution in [0.15, 0.2) is 0 Å². The van der Waals surface area contributed by atoms with Gasteiger partial charge >= 0.3 is 5.97 Å². The number of carboxylic acids is 1. The third-order valence-electron chi connectivity index (χ3n) is 4.64. The Bertz CT molecular complexity index is 559. The molecule has 0 bridgehead atoms. The van der Waals surface area contributed by atoms with E-state index in [1.165, 1.54) is 6.92 Å². The molecule has 0 saturated carbocycles. The van der Waals surface area contributed by atoms with Crippen molar-refractivity contribution in [2.24, 2.45) is 17.4 Å². The molecule has 168 valence electrons. The van der Waals surface area contributed by atoms with Crippen molar-refractivity contribution in [1.82, 2.24) is 16.0 Å². The summed E-state index contributed by atoms with van der Waals surface area (Å²) in [5, 5.41) is 25.4. The van der Waals surface area contributed by atoms with Gasteiger partial charge in [0.1, 0.15) is 18.1 Å². The van der Waals surface area contributed by atoms with Crippen LogP contribution in [0.4, 0.5) is 0 Å². The molecule has 0 radical (unpaired) electrons. The molecular formula is C18H35N5O6. The molecule has 0 aliphatic heterocycles. The number of unbranched alkanes of at least 4 members (excludes halogenated alkanes) is 1. The van der Waals surface area contributed by atoms with Crippen LogP contribution in [0.3, 0.4) is 0 Å². The van der Waals surface area contributed by atoms with Crippen molar-refractivity contribution in [2.45, 2.75) is 70.6 Å². The maximum atomic E-state index is 12.7. The number of rotatable bonds is 14. The predicted molar refractivity (Wildman–Crippen MR) is 107 cm³/mol. The highest BCUT2D eigenvalue weighted by Crippen LogP contribution is 2.09. The molecule has 0 aromatic rings. The number of aliphatic hydroxyl groups excluding tert-OH is 1. The largest absolute Gasteiger partial charge is 0.480 e. The number of carbonyl (C=O) groups is 4. The Balaban J connectivity index is 5.07. The lowest BCUT2D eigenvalue weighted by Gasteiger charge is -2.27. The van der Waals surface area contributed by atoms with Gasteiger partial charge in [0, 0.05) is 0 Å². The molecule has 11 nitrogen and oxygen atoms in total. The molecule has 29 heavy (non-hydrogen) atoms. The standard InChI is InChI=1S/C18H35N5O6/c1-4-10(2)14(23-15(25)12(20)7-5-6-8-19)17(27)22-13(9-24)16(26)21-11(3)18(28)29/h10-14,24H,4-9,19-20H2,1-3H3,(H,21,26)(H,22,27)(H,23,25)(H,28,29). The van der Waals surface area contributed by atoms with E-state index in [0.717, 1.165) is 6.42 Å². The van der Waals surface area contributed by atoms with Crippen molar-refractivity contribution < 1.29 is 29.4 Å². The Labute approximate surface area is 171 Å². The smallest absolute Gasteiger partial charge is 0.325 e. The first kappa shape index (κ1) is 26.8. The summed E-state index contributed by atoms with van der Waals surface area (Å²) in [5.41, 5.74) is 11.3. The van der Waals surface area contributed by atoms with Crippen molar-refractivity contribution in [3.05, 3.63) is 0 Å². The molecule has 0 spiro atoms. The lowest BCUT2D eigenvalue weighted by atomic mass is 9.97. The minimum Gasteiger partial charge on any atom is -0.480 e. The summed E-state index contributed by atoms with van der Waals surface area (Å²) in [6.07, 6.45) is 2.40. The molecule has 0 fully saturated rings. The molecule has 0 aromatic heterocycles. The van der Waals surface area contributed by atoms with Gasteiger partial charge in [-0.1, -0.05) is 26.7 Å². The summed E-state index contributed by atoms with van der Waals surface area (Å²) in [7, 11) is 0. The average Bonchev–Trinajstić information content (AvgIpc) is 2.68. The molecule has 3 amide bonds. The molecule has 0 heterocycles. The molecular weight excluding hydrogens is 382 g/mol. The van der Waals surface area contributed by atoms with Crippen molar-refractivity contribution >= 4 is 23.7 Å². The van der Waals surface area contributed by atoms with Gasteiger partial charge in [0.15, 0.2) is 0 Å². The first-order chi connectivity index (χ1) is 13.6. The number of nitrogens with two attached hydrogens (primary N) is 2. The van der Waals surface area contributed by atoms with E-state index in [-0.39, 0.29) is 5.92 Å². The summed E-state index contributed by atoms with van der Waals surface area (Å²) >= 11 is 0. The molecule has 5 atom stereocenters. The number of aliphatic hydroxyl groups is 1. The third kappa shape index (κ3) is 9.68. The highest BCUT2D eigenvalue weighted by Gasteiger charge is 2.31. The van der Waals surface area contributed by atoms with Crippen LogP contribution < -0.4 is 27.4 Å². The number of nitrogens with one attached hydrogen (secondary N) is 3. The normalized spacial score (nSPS) is 16.1. The van der Waals surface area contributed by atoms with E-state index in [2.05, 4.69) is 16.0 Å². The topological polar surface area (TPSA) is 197 Å². The molecule has 0 aliphatic carbocycles. The van der Waals surface area contributed by atoms with E-state index in [1.54, 1.807) is 6.92 Å². The second kappa shape index (κ2) is 13.9. The van der Waals surface area contributed by atoms with Crippen LogP contribution in [0.5, 0.6) is 0 Å². The summed E-state index contributed by atoms with van der Waals surface area (Å²) < 4.78 is 0. The van der Waals surface area contributed by atoms with E-state index < -0.39 is 54.5 Å². The van der Waals surface area contributed by atoms with Crippen LogP contribution in [0.2, 0.25) is 0 Å². The minimum absolute atomic E-state index is 0.268. The molecule has 9 N–H and O–H groups in total. The second-order valence-electron chi connectivity index (χ2n) is 7.08. The van der Waals surface area contributed by atoms with Gasteiger partial charge < -0.3 is 37.6 Å². The average molecular weight is 418 g/mol. The number of hydrogen-bond acceptors (Lipinski definition) is 7. The molecule has 0 aliphatic rings. The molecule has 0 rings (SSSR count). The highest BCUT2D eigenvalue weighted by molar-refractivity contribution is 5.94. The van der Waals surface area contributed by atoms with Crippen molar-refractivity contribution in [3.63, 3.8) is 0 Å². The number of carbonyl (C=O) groups excluding carboxylic acids is 3. The number of hydrogen-bond donors (Lipinski definition) is 7. The number of aliphatic carboxylic acids is 1. The first-order valence-electron chi connectivity index (χ1n) is 9.79. The summed E-state index contributed by atoms with van der Waals surface area (Å²) in [4.78, 5) is 48.0. The van der Waals surface area contributed by atoms with Crippen LogP contribution in [-0.2, 0) is 19.2 Å². The monoisotopic (exact) mass is 417 g/mol. The maximum absolute atomic E-state index is 12.7. The van der Waals surface area contributed by atoms with Gasteiger partial charge in [0.25, 0.3) is 0 Å². The summed E-state index contributed by atoms with van der Waals surface area (Å²) in [6.45, 7) is 4.61. The first-order valence-corrected chi connectivity index (χ1v) is 9.79. The fraction of sp³-hybridized carbons (Fsp3) is 0.778. The third-order valence-corrected chi connectivity index (χ3v) is 4.64. The number of carboxylic acid groups (broad SMARTS) is 1. The maximum Gasteiger partial charge on any atom is 0.325 e. The number of amides is 3. The predicted octanol–water partition coefficient (Wildman–Crippen LogP) is -1.96. The zero-order valence-corrected chi connectivity index (χ0v) is 17.3. The van der Waals surface area contributed by atoms with Crippen molar-refractivity contribution in [3.8, 4) is 0 Å². The van der Waals surface area contributed by atoms with Crippen LogP contribution in [0, 0.1) is 5.92 Å². The van der Waals surface area contributed by atoms with E-state index in [4.69, 9.17) is 16.6 Å². The molecule has 0 saturated heterocycles. The Morgan fingerprint density at radius 1 is 0.966 bits per heavy atom. The second-order valence-corrected chi connectivity index (χ2v) is 7.08. The minimum atomic E-state index is -1.36. The van der Waals surface area contributed by atoms with Gasteiger partial charge in [-0.15, -0.1) is 0 Å². The lowest BCUT2D eigenvalue weighted by Crippen LogP contribution is -2.59. The molecule has 0 aromatic carbocycles. The Morgan fingerprint density at radius 3 is 2.07 bits per heavy atom. The van der Waals surface area contributed by atoms with Gasteiger partial charge in [0.05, 0.1) is 12.6 Å². The lowest BCUT2D eigenvalue weighted by molar-refractivity contribution is -0.142. The van der Waals surface area contributed by atoms with Crippen LogP contribution >= 0.6 is 0 Å². The Hall–Kier alpha value is -2.24. The van der Waals surface area contributed by atoms with E-state index in [1.807, 2.05) is 6.92 Å². The Kier molecular flexibility index (Phi) is 12.8. The van der Waals surface area contributed by atoms with Crippen LogP contribution in [0.25, 0.3) is 0 Å². The van der Waals surface area contributed by atoms with Gasteiger partial charge in [0.2, 0.25) is 17.7 Å².